The SMILES string of the molecule is CCC(CO)NC(CC)CC#N. The third-order valence-electron chi connectivity index (χ3n) is 2.02. The lowest BCUT2D eigenvalue weighted by atomic mass is 10.1. The molecule has 0 saturated heterocycles. The Morgan fingerprint density at radius 2 is 1.92 bits per heavy atom. The predicted molar refractivity (Wildman–Crippen MR) is 48.6 cm³/mol. The number of hydrogen-bond acceptors (Lipinski definition) is 3. The summed E-state index contributed by atoms with van der Waals surface area (Å²) in [5, 5.41) is 20.6. The van der Waals surface area contributed by atoms with Gasteiger partial charge in [-0.3, -0.25) is 0 Å². The lowest BCUT2D eigenvalue weighted by Gasteiger charge is -2.20. The van der Waals surface area contributed by atoms with Crippen LogP contribution in [-0.2, 0) is 0 Å². The Balaban J connectivity index is 3.75. The smallest absolute Gasteiger partial charge is 0.0638 e. The Labute approximate surface area is 74.4 Å². The molecule has 0 radical (unpaired) electrons. The van der Waals surface area contributed by atoms with Gasteiger partial charge in [0.15, 0.2) is 0 Å². The molecule has 2 N–H and O–H groups in total. The molecule has 0 spiro atoms. The van der Waals surface area contributed by atoms with Crippen LogP contribution in [0, 0.1) is 11.3 Å². The lowest BCUT2D eigenvalue weighted by Crippen LogP contribution is -2.39. The van der Waals surface area contributed by atoms with Gasteiger partial charge in [0.25, 0.3) is 0 Å². The van der Waals surface area contributed by atoms with E-state index in [-0.39, 0.29) is 18.7 Å². The highest BCUT2D eigenvalue weighted by molar-refractivity contribution is 4.81. The van der Waals surface area contributed by atoms with E-state index in [0.717, 1.165) is 12.8 Å². The molecule has 0 heterocycles. The average Bonchev–Trinajstić information content (AvgIpc) is 2.12. The van der Waals surface area contributed by atoms with Gasteiger partial charge in [0.1, 0.15) is 0 Å². The van der Waals surface area contributed by atoms with Gasteiger partial charge in [-0.25, -0.2) is 0 Å². The van der Waals surface area contributed by atoms with Gasteiger partial charge in [-0.05, 0) is 12.8 Å². The van der Waals surface area contributed by atoms with E-state index in [1.54, 1.807) is 0 Å². The van der Waals surface area contributed by atoms with Crippen molar-refractivity contribution in [1.82, 2.24) is 5.32 Å². The number of aliphatic hydroxyl groups excluding tert-OH is 1. The first kappa shape index (κ1) is 11.4. The van der Waals surface area contributed by atoms with E-state index in [1.165, 1.54) is 0 Å². The summed E-state index contributed by atoms with van der Waals surface area (Å²) in [5.41, 5.74) is 0. The van der Waals surface area contributed by atoms with Gasteiger partial charge in [0, 0.05) is 12.1 Å². The van der Waals surface area contributed by atoms with Crippen molar-refractivity contribution in [3.05, 3.63) is 0 Å². The summed E-state index contributed by atoms with van der Waals surface area (Å²) in [5.74, 6) is 0. The Morgan fingerprint density at radius 1 is 1.33 bits per heavy atom. The molecule has 70 valence electrons. The topological polar surface area (TPSA) is 56.0 Å². The fourth-order valence-electron chi connectivity index (χ4n) is 1.06. The Morgan fingerprint density at radius 3 is 2.25 bits per heavy atom. The maximum atomic E-state index is 8.89. The first-order valence-electron chi connectivity index (χ1n) is 4.52. The van der Waals surface area contributed by atoms with Crippen LogP contribution in [0.5, 0.6) is 0 Å². The predicted octanol–water partition coefficient (Wildman–Crippen LogP) is 1.04. The Hall–Kier alpha value is -0.590. The maximum absolute atomic E-state index is 8.89. The molecule has 0 amide bonds. The van der Waals surface area contributed by atoms with Crippen molar-refractivity contribution in [2.45, 2.75) is 45.2 Å². The molecule has 3 nitrogen and oxygen atoms in total. The molecule has 0 aliphatic heterocycles. The van der Waals surface area contributed by atoms with E-state index in [4.69, 9.17) is 10.4 Å². The quantitative estimate of drug-likeness (QED) is 0.626. The molecule has 0 aromatic carbocycles. The highest BCUT2D eigenvalue weighted by Gasteiger charge is 2.10. The number of hydrogen-bond donors (Lipinski definition) is 2. The molecule has 2 atom stereocenters. The third kappa shape index (κ3) is 4.32. The highest BCUT2D eigenvalue weighted by atomic mass is 16.3. The van der Waals surface area contributed by atoms with Crippen molar-refractivity contribution in [3.63, 3.8) is 0 Å². The Bertz CT molecular complexity index is 138. The van der Waals surface area contributed by atoms with Crippen molar-refractivity contribution in [2.75, 3.05) is 6.61 Å². The van der Waals surface area contributed by atoms with Crippen molar-refractivity contribution in [2.24, 2.45) is 0 Å². The average molecular weight is 170 g/mol. The first-order chi connectivity index (χ1) is 5.78. The van der Waals surface area contributed by atoms with Crippen molar-refractivity contribution in [3.8, 4) is 6.07 Å². The van der Waals surface area contributed by atoms with E-state index in [1.807, 2.05) is 13.8 Å². The summed E-state index contributed by atoms with van der Waals surface area (Å²) in [6.45, 7) is 4.21. The minimum absolute atomic E-state index is 0.142. The zero-order chi connectivity index (χ0) is 9.40. The molecule has 0 aromatic heterocycles. The van der Waals surface area contributed by atoms with E-state index in [0.29, 0.717) is 6.42 Å². The normalized spacial score (nSPS) is 15.2. The second kappa shape index (κ2) is 7.08. The molecule has 12 heavy (non-hydrogen) atoms. The molecule has 2 unspecified atom stereocenters. The number of nitrogens with zero attached hydrogens (tertiary/aromatic N) is 1. The monoisotopic (exact) mass is 170 g/mol. The zero-order valence-electron chi connectivity index (χ0n) is 7.88. The zero-order valence-corrected chi connectivity index (χ0v) is 7.88. The maximum Gasteiger partial charge on any atom is 0.0638 e. The molecule has 3 heteroatoms. The molecule has 0 aliphatic rings. The number of rotatable bonds is 6. The molecule has 0 rings (SSSR count). The van der Waals surface area contributed by atoms with Gasteiger partial charge < -0.3 is 10.4 Å². The minimum atomic E-state index is 0.142. The fraction of sp³-hybridized carbons (Fsp3) is 0.889. The standard InChI is InChI=1S/C9H18N2O/c1-3-8(5-6-10)11-9(4-2)7-12/h8-9,11-12H,3-5,7H2,1-2H3. The van der Waals surface area contributed by atoms with Crippen LogP contribution < -0.4 is 5.32 Å². The molecule has 0 fully saturated rings. The lowest BCUT2D eigenvalue weighted by molar-refractivity contribution is 0.226. The third-order valence-corrected chi connectivity index (χ3v) is 2.02. The number of nitrogens with one attached hydrogen (secondary N) is 1. The van der Waals surface area contributed by atoms with Gasteiger partial charge in [-0.15, -0.1) is 0 Å². The van der Waals surface area contributed by atoms with Crippen LogP contribution in [0.2, 0.25) is 0 Å². The summed E-state index contributed by atoms with van der Waals surface area (Å²) < 4.78 is 0. The minimum Gasteiger partial charge on any atom is -0.395 e. The molecular weight excluding hydrogens is 152 g/mol. The summed E-state index contributed by atoms with van der Waals surface area (Å²) in [6.07, 6.45) is 2.36. The molecule has 0 aliphatic carbocycles. The van der Waals surface area contributed by atoms with Gasteiger partial charge in [0.05, 0.1) is 19.1 Å². The van der Waals surface area contributed by atoms with Crippen LogP contribution in [-0.4, -0.2) is 23.8 Å². The fourth-order valence-corrected chi connectivity index (χ4v) is 1.06. The van der Waals surface area contributed by atoms with Crippen LogP contribution in [0.25, 0.3) is 0 Å². The number of aliphatic hydroxyl groups is 1. The van der Waals surface area contributed by atoms with Gasteiger partial charge in [0.2, 0.25) is 0 Å². The van der Waals surface area contributed by atoms with Crippen LogP contribution in [0.3, 0.4) is 0 Å². The van der Waals surface area contributed by atoms with E-state index >= 15 is 0 Å². The number of nitriles is 1. The van der Waals surface area contributed by atoms with Crippen LogP contribution >= 0.6 is 0 Å². The Kier molecular flexibility index (Phi) is 6.73. The van der Waals surface area contributed by atoms with Crippen LogP contribution in [0.1, 0.15) is 33.1 Å². The summed E-state index contributed by atoms with van der Waals surface area (Å²) in [7, 11) is 0. The summed E-state index contributed by atoms with van der Waals surface area (Å²) >= 11 is 0. The van der Waals surface area contributed by atoms with Crippen molar-refractivity contribution in [1.29, 1.82) is 5.26 Å². The largest absolute Gasteiger partial charge is 0.395 e. The van der Waals surface area contributed by atoms with Crippen molar-refractivity contribution < 1.29 is 5.11 Å². The van der Waals surface area contributed by atoms with Crippen molar-refractivity contribution >= 4 is 0 Å². The second-order valence-electron chi connectivity index (χ2n) is 2.92. The van der Waals surface area contributed by atoms with E-state index in [9.17, 15) is 0 Å². The summed E-state index contributed by atoms with van der Waals surface area (Å²) in [4.78, 5) is 0. The van der Waals surface area contributed by atoms with E-state index < -0.39 is 0 Å². The highest BCUT2D eigenvalue weighted by Crippen LogP contribution is 2.00. The molecule has 0 saturated carbocycles. The summed E-state index contributed by atoms with van der Waals surface area (Å²) in [6, 6.07) is 2.50. The first-order valence-corrected chi connectivity index (χ1v) is 4.52. The van der Waals surface area contributed by atoms with Gasteiger partial charge in [-0.2, -0.15) is 5.26 Å². The molecule has 0 aromatic rings. The van der Waals surface area contributed by atoms with Crippen LogP contribution in [0.15, 0.2) is 0 Å². The second-order valence-corrected chi connectivity index (χ2v) is 2.92. The molecular formula is C9H18N2O. The molecule has 0 bridgehead atoms. The van der Waals surface area contributed by atoms with Gasteiger partial charge in [-0.1, -0.05) is 13.8 Å². The van der Waals surface area contributed by atoms with Gasteiger partial charge >= 0.3 is 0 Å². The van der Waals surface area contributed by atoms with E-state index in [2.05, 4.69) is 11.4 Å². The van der Waals surface area contributed by atoms with Crippen LogP contribution in [0.4, 0.5) is 0 Å².